The average molecular weight is 450 g/mol. The zero-order valence-electron chi connectivity index (χ0n) is 20.0. The standard InChI is InChI=1S/C22H43NO6S/c1-15(2)14-28-19(16(3)24)17(12-13-30-8)10-9-11-18(20(25)27-7)23-21(26)29-22(4,5)6/h15-19,24H,9-14H2,1-8H3,(H,23,26). The molecule has 0 heterocycles. The van der Waals surface area contributed by atoms with Gasteiger partial charge in [0.2, 0.25) is 0 Å². The highest BCUT2D eigenvalue weighted by Crippen LogP contribution is 2.25. The number of rotatable bonds is 14. The fourth-order valence-electron chi connectivity index (χ4n) is 3.14. The van der Waals surface area contributed by atoms with E-state index in [0.29, 0.717) is 25.4 Å². The number of carbonyl (C=O) groups is 2. The average Bonchev–Trinajstić information content (AvgIpc) is 2.61. The predicted octanol–water partition coefficient (Wildman–Crippen LogP) is 4.01. The number of amides is 1. The Bertz CT molecular complexity index is 493. The number of thioether (sulfide) groups is 1. The Morgan fingerprint density at radius 1 is 1.10 bits per heavy atom. The molecule has 4 atom stereocenters. The van der Waals surface area contributed by atoms with E-state index in [4.69, 9.17) is 14.2 Å². The van der Waals surface area contributed by atoms with Crippen molar-refractivity contribution in [1.82, 2.24) is 5.32 Å². The van der Waals surface area contributed by atoms with E-state index >= 15 is 0 Å². The highest BCUT2D eigenvalue weighted by atomic mass is 32.2. The summed E-state index contributed by atoms with van der Waals surface area (Å²) in [5.41, 5.74) is -0.647. The van der Waals surface area contributed by atoms with Crippen LogP contribution >= 0.6 is 11.8 Å². The quantitative estimate of drug-likeness (QED) is 0.387. The van der Waals surface area contributed by atoms with E-state index < -0.39 is 29.8 Å². The maximum absolute atomic E-state index is 12.1. The maximum atomic E-state index is 12.1. The van der Waals surface area contributed by atoms with E-state index in [0.717, 1.165) is 18.6 Å². The lowest BCUT2D eigenvalue weighted by molar-refractivity contribution is -0.143. The molecule has 0 bridgehead atoms. The third-order valence-electron chi connectivity index (χ3n) is 4.50. The summed E-state index contributed by atoms with van der Waals surface area (Å²) in [6.45, 7) is 11.8. The molecule has 4 unspecified atom stereocenters. The van der Waals surface area contributed by atoms with E-state index in [9.17, 15) is 14.7 Å². The molecule has 0 saturated heterocycles. The minimum absolute atomic E-state index is 0.163. The number of esters is 1. The van der Waals surface area contributed by atoms with E-state index in [-0.39, 0.29) is 12.0 Å². The van der Waals surface area contributed by atoms with Crippen LogP contribution in [0.2, 0.25) is 0 Å². The van der Waals surface area contributed by atoms with Crippen molar-refractivity contribution in [3.63, 3.8) is 0 Å². The zero-order chi connectivity index (χ0) is 23.3. The van der Waals surface area contributed by atoms with Gasteiger partial charge < -0.3 is 24.6 Å². The molecule has 1 amide bonds. The van der Waals surface area contributed by atoms with Crippen molar-refractivity contribution in [1.29, 1.82) is 0 Å². The molecule has 0 rings (SSSR count). The van der Waals surface area contributed by atoms with Gasteiger partial charge in [-0.25, -0.2) is 9.59 Å². The smallest absolute Gasteiger partial charge is 0.408 e. The molecule has 0 saturated carbocycles. The SMILES string of the molecule is COC(=O)C(CCCC(CCSC)C(OCC(C)C)C(C)O)NC(=O)OC(C)(C)C. The molecule has 0 aliphatic carbocycles. The lowest BCUT2D eigenvalue weighted by atomic mass is 9.89. The van der Waals surface area contributed by atoms with Crippen LogP contribution in [-0.2, 0) is 19.0 Å². The number of aliphatic hydroxyl groups excluding tert-OH is 1. The van der Waals surface area contributed by atoms with Crippen LogP contribution in [0.5, 0.6) is 0 Å². The van der Waals surface area contributed by atoms with E-state index in [1.165, 1.54) is 7.11 Å². The van der Waals surface area contributed by atoms with Crippen LogP contribution in [0.3, 0.4) is 0 Å². The number of methoxy groups -OCH3 is 1. The van der Waals surface area contributed by atoms with E-state index in [1.54, 1.807) is 39.5 Å². The van der Waals surface area contributed by atoms with Crippen molar-refractivity contribution >= 4 is 23.8 Å². The summed E-state index contributed by atoms with van der Waals surface area (Å²) in [7, 11) is 1.30. The van der Waals surface area contributed by atoms with Gasteiger partial charge in [0.05, 0.1) is 19.3 Å². The molecule has 0 aromatic carbocycles. The lowest BCUT2D eigenvalue weighted by Gasteiger charge is -2.30. The molecule has 0 aliphatic rings. The van der Waals surface area contributed by atoms with Gasteiger partial charge in [-0.1, -0.05) is 20.3 Å². The van der Waals surface area contributed by atoms with E-state index in [1.807, 2.05) is 0 Å². The van der Waals surface area contributed by atoms with Crippen LogP contribution in [0.15, 0.2) is 0 Å². The Morgan fingerprint density at radius 3 is 2.20 bits per heavy atom. The number of ether oxygens (including phenoxy) is 3. The van der Waals surface area contributed by atoms with Crippen molar-refractivity contribution in [3.8, 4) is 0 Å². The van der Waals surface area contributed by atoms with E-state index in [2.05, 4.69) is 25.4 Å². The zero-order valence-corrected chi connectivity index (χ0v) is 20.8. The Labute approximate surface area is 187 Å². The highest BCUT2D eigenvalue weighted by Gasteiger charge is 2.29. The molecule has 8 heteroatoms. The number of alkyl carbamates (subject to hydrolysis) is 1. The molecule has 0 aliphatic heterocycles. The largest absolute Gasteiger partial charge is 0.467 e. The fraction of sp³-hybridized carbons (Fsp3) is 0.909. The van der Waals surface area contributed by atoms with Gasteiger partial charge in [0, 0.05) is 6.61 Å². The first kappa shape index (κ1) is 29.0. The molecule has 7 nitrogen and oxygen atoms in total. The topological polar surface area (TPSA) is 94.1 Å². The van der Waals surface area contributed by atoms with Crippen molar-refractivity contribution < 1.29 is 28.9 Å². The molecule has 178 valence electrons. The lowest BCUT2D eigenvalue weighted by Crippen LogP contribution is -2.44. The number of carbonyl (C=O) groups excluding carboxylic acids is 2. The Morgan fingerprint density at radius 2 is 1.73 bits per heavy atom. The number of hydrogen-bond acceptors (Lipinski definition) is 7. The number of aliphatic hydroxyl groups is 1. The minimum atomic E-state index is -0.771. The first-order chi connectivity index (χ1) is 13.9. The maximum Gasteiger partial charge on any atom is 0.408 e. The summed E-state index contributed by atoms with van der Waals surface area (Å²) in [5, 5.41) is 12.9. The molecule has 2 N–H and O–H groups in total. The van der Waals surface area contributed by atoms with Crippen LogP contribution in [0.25, 0.3) is 0 Å². The molecular weight excluding hydrogens is 406 g/mol. The molecule has 0 spiro atoms. The molecule has 0 fully saturated rings. The van der Waals surface area contributed by atoms with Crippen LogP contribution in [0, 0.1) is 11.8 Å². The Hall–Kier alpha value is -0.990. The predicted molar refractivity (Wildman–Crippen MR) is 122 cm³/mol. The van der Waals surface area contributed by atoms with Crippen LogP contribution in [0.4, 0.5) is 4.79 Å². The summed E-state index contributed by atoms with van der Waals surface area (Å²) >= 11 is 1.76. The fourth-order valence-corrected chi connectivity index (χ4v) is 3.68. The van der Waals surface area contributed by atoms with Gasteiger partial charge in [-0.2, -0.15) is 11.8 Å². The first-order valence-corrected chi connectivity index (χ1v) is 12.2. The van der Waals surface area contributed by atoms with Gasteiger partial charge in [0.1, 0.15) is 11.6 Å². The third-order valence-corrected chi connectivity index (χ3v) is 5.14. The third kappa shape index (κ3) is 13.3. The molecule has 0 aromatic rings. The molecule has 0 radical (unpaired) electrons. The van der Waals surface area contributed by atoms with Gasteiger partial charge >= 0.3 is 12.1 Å². The number of hydrogen-bond donors (Lipinski definition) is 2. The van der Waals surface area contributed by atoms with Gasteiger partial charge in [-0.15, -0.1) is 0 Å². The summed E-state index contributed by atoms with van der Waals surface area (Å²) in [6.07, 6.45) is 3.39. The Kier molecular flexibility index (Phi) is 14.4. The molecule has 30 heavy (non-hydrogen) atoms. The van der Waals surface area contributed by atoms with Crippen molar-refractivity contribution in [2.45, 2.75) is 91.1 Å². The molecule has 0 aromatic heterocycles. The second-order valence-electron chi connectivity index (χ2n) is 9.13. The Balaban J connectivity index is 5.00. The van der Waals surface area contributed by atoms with Crippen LogP contribution in [0.1, 0.15) is 67.2 Å². The second-order valence-corrected chi connectivity index (χ2v) is 10.1. The van der Waals surface area contributed by atoms with Gasteiger partial charge in [-0.05, 0) is 70.8 Å². The summed E-state index contributed by atoms with van der Waals surface area (Å²) in [5.74, 6) is 1.02. The highest BCUT2D eigenvalue weighted by molar-refractivity contribution is 7.98. The van der Waals surface area contributed by atoms with Gasteiger partial charge in [0.15, 0.2) is 0 Å². The van der Waals surface area contributed by atoms with Gasteiger partial charge in [-0.3, -0.25) is 0 Å². The van der Waals surface area contributed by atoms with Crippen LogP contribution in [-0.4, -0.2) is 66.7 Å². The van der Waals surface area contributed by atoms with Crippen molar-refractivity contribution in [2.75, 3.05) is 25.7 Å². The summed E-state index contributed by atoms with van der Waals surface area (Å²) in [4.78, 5) is 24.2. The van der Waals surface area contributed by atoms with Gasteiger partial charge in [0.25, 0.3) is 0 Å². The van der Waals surface area contributed by atoms with Crippen LogP contribution < -0.4 is 5.32 Å². The summed E-state index contributed by atoms with van der Waals surface area (Å²) in [6, 6.07) is -0.771. The van der Waals surface area contributed by atoms with Crippen molar-refractivity contribution in [2.24, 2.45) is 11.8 Å². The summed E-state index contributed by atoms with van der Waals surface area (Å²) < 4.78 is 16.1. The van der Waals surface area contributed by atoms with Crippen molar-refractivity contribution in [3.05, 3.63) is 0 Å². The minimum Gasteiger partial charge on any atom is -0.467 e. The molecular formula is C22H43NO6S. The second kappa shape index (κ2) is 14.9. The number of nitrogens with one attached hydrogen (secondary N) is 1. The monoisotopic (exact) mass is 449 g/mol. The normalized spacial score (nSPS) is 15.9. The first-order valence-electron chi connectivity index (χ1n) is 10.8.